The van der Waals surface area contributed by atoms with Crippen LogP contribution in [0.5, 0.6) is 0 Å². The van der Waals surface area contributed by atoms with Gasteiger partial charge in [0.2, 0.25) is 5.82 Å². The fourth-order valence-electron chi connectivity index (χ4n) is 1.63. The molecule has 0 radical (unpaired) electrons. The number of hydrogen-bond acceptors (Lipinski definition) is 4. The van der Waals surface area contributed by atoms with Gasteiger partial charge in [0.15, 0.2) is 11.4 Å². The van der Waals surface area contributed by atoms with Gasteiger partial charge in [-0.3, -0.25) is 4.40 Å². The van der Waals surface area contributed by atoms with Crippen LogP contribution >= 0.6 is 0 Å². The summed E-state index contributed by atoms with van der Waals surface area (Å²) in [5.74, 6) is 2.24. The molecule has 0 saturated heterocycles. The summed E-state index contributed by atoms with van der Waals surface area (Å²) in [6, 6.07) is 7.35. The highest BCUT2D eigenvalue weighted by molar-refractivity contribution is 5.58. The van der Waals surface area contributed by atoms with Crippen molar-refractivity contribution < 1.29 is 4.42 Å². The second-order valence-electron chi connectivity index (χ2n) is 3.62. The molecule has 0 amide bonds. The zero-order chi connectivity index (χ0) is 11.1. The topological polar surface area (TPSA) is 69.3 Å². The minimum Gasteiger partial charge on any atom is -0.458 e. The van der Waals surface area contributed by atoms with Gasteiger partial charge in [-0.2, -0.15) is 0 Å². The maximum atomic E-state index is 5.67. The number of pyridine rings is 1. The molecule has 0 aliphatic rings. The Morgan fingerprint density at radius 3 is 2.88 bits per heavy atom. The first-order chi connectivity index (χ1) is 7.74. The zero-order valence-corrected chi connectivity index (χ0v) is 8.71. The summed E-state index contributed by atoms with van der Waals surface area (Å²) < 4.78 is 7.35. The van der Waals surface area contributed by atoms with Crippen molar-refractivity contribution >= 4 is 11.3 Å². The summed E-state index contributed by atoms with van der Waals surface area (Å²) in [4.78, 5) is 0. The molecule has 80 valence electrons. The fourth-order valence-corrected chi connectivity index (χ4v) is 1.63. The molecule has 5 heteroatoms. The molecule has 0 atom stereocenters. The molecule has 0 bridgehead atoms. The van der Waals surface area contributed by atoms with Crippen molar-refractivity contribution in [3.05, 3.63) is 36.2 Å². The highest BCUT2D eigenvalue weighted by atomic mass is 16.3. The Bertz CT molecular complexity index is 653. The van der Waals surface area contributed by atoms with E-state index in [4.69, 9.17) is 10.2 Å². The Balaban J connectivity index is 2.25. The predicted molar refractivity (Wildman–Crippen MR) is 59.8 cm³/mol. The SMILES string of the molecule is Cc1ccc(-c2nnc3cc(N)ccn23)o1. The van der Waals surface area contributed by atoms with Crippen molar-refractivity contribution in [1.82, 2.24) is 14.6 Å². The van der Waals surface area contributed by atoms with E-state index < -0.39 is 0 Å². The van der Waals surface area contributed by atoms with Crippen LogP contribution in [0.3, 0.4) is 0 Å². The van der Waals surface area contributed by atoms with Crippen molar-refractivity contribution in [2.75, 3.05) is 5.73 Å². The molecule has 2 N–H and O–H groups in total. The number of nitrogen functional groups attached to an aromatic ring is 1. The number of aromatic nitrogens is 3. The van der Waals surface area contributed by atoms with Gasteiger partial charge in [-0.15, -0.1) is 10.2 Å². The average molecular weight is 214 g/mol. The van der Waals surface area contributed by atoms with Gasteiger partial charge in [-0.25, -0.2) is 0 Å². The Kier molecular flexibility index (Phi) is 1.73. The molecule has 0 saturated carbocycles. The minimum absolute atomic E-state index is 0.669. The Hall–Kier alpha value is -2.30. The molecule has 0 aliphatic carbocycles. The van der Waals surface area contributed by atoms with Gasteiger partial charge >= 0.3 is 0 Å². The summed E-state index contributed by atoms with van der Waals surface area (Å²) in [6.07, 6.45) is 1.83. The van der Waals surface area contributed by atoms with Crippen LogP contribution in [0.15, 0.2) is 34.9 Å². The summed E-state index contributed by atoms with van der Waals surface area (Å²) in [5, 5.41) is 8.12. The minimum atomic E-state index is 0.669. The third-order valence-electron chi connectivity index (χ3n) is 2.39. The van der Waals surface area contributed by atoms with Crippen molar-refractivity contribution in [2.45, 2.75) is 6.92 Å². The lowest BCUT2D eigenvalue weighted by atomic mass is 10.4. The first-order valence-corrected chi connectivity index (χ1v) is 4.91. The smallest absolute Gasteiger partial charge is 0.204 e. The van der Waals surface area contributed by atoms with E-state index in [1.165, 1.54) is 0 Å². The number of nitrogens with two attached hydrogens (primary N) is 1. The summed E-state index contributed by atoms with van der Waals surface area (Å²) in [6.45, 7) is 1.89. The van der Waals surface area contributed by atoms with Crippen LogP contribution in [0.1, 0.15) is 5.76 Å². The Morgan fingerprint density at radius 1 is 1.25 bits per heavy atom. The zero-order valence-electron chi connectivity index (χ0n) is 8.71. The molecular formula is C11H10N4O. The number of rotatable bonds is 1. The van der Waals surface area contributed by atoms with Crippen LogP contribution in [0.2, 0.25) is 0 Å². The van der Waals surface area contributed by atoms with Crippen LogP contribution in [0.4, 0.5) is 5.69 Å². The van der Waals surface area contributed by atoms with E-state index in [2.05, 4.69) is 10.2 Å². The summed E-state index contributed by atoms with van der Waals surface area (Å²) in [7, 11) is 0. The molecule has 5 nitrogen and oxygen atoms in total. The fraction of sp³-hybridized carbons (Fsp3) is 0.0909. The molecule has 0 spiro atoms. The number of anilines is 1. The van der Waals surface area contributed by atoms with Gasteiger partial charge < -0.3 is 10.2 Å². The van der Waals surface area contributed by atoms with E-state index in [1.807, 2.05) is 29.7 Å². The largest absolute Gasteiger partial charge is 0.458 e. The normalized spacial score (nSPS) is 11.1. The first-order valence-electron chi connectivity index (χ1n) is 4.91. The average Bonchev–Trinajstić information content (AvgIpc) is 2.83. The molecule has 0 aromatic carbocycles. The maximum Gasteiger partial charge on any atom is 0.204 e. The number of fused-ring (bicyclic) bond motifs is 1. The third kappa shape index (κ3) is 1.25. The number of aryl methyl sites for hydroxylation is 1. The quantitative estimate of drug-likeness (QED) is 0.671. The van der Waals surface area contributed by atoms with E-state index in [9.17, 15) is 0 Å². The molecule has 3 heterocycles. The van der Waals surface area contributed by atoms with Crippen molar-refractivity contribution in [3.63, 3.8) is 0 Å². The highest BCUT2D eigenvalue weighted by Gasteiger charge is 2.10. The van der Waals surface area contributed by atoms with E-state index in [0.29, 0.717) is 22.9 Å². The summed E-state index contributed by atoms with van der Waals surface area (Å²) in [5.41, 5.74) is 7.05. The molecule has 3 rings (SSSR count). The van der Waals surface area contributed by atoms with E-state index in [1.54, 1.807) is 12.1 Å². The van der Waals surface area contributed by atoms with Crippen LogP contribution in [0, 0.1) is 6.92 Å². The molecular weight excluding hydrogens is 204 g/mol. The maximum absolute atomic E-state index is 5.67. The second kappa shape index (κ2) is 3.10. The number of furan rings is 1. The van der Waals surface area contributed by atoms with Gasteiger partial charge in [0.1, 0.15) is 5.76 Å². The third-order valence-corrected chi connectivity index (χ3v) is 2.39. The van der Waals surface area contributed by atoms with Crippen molar-refractivity contribution in [3.8, 4) is 11.6 Å². The lowest BCUT2D eigenvalue weighted by Gasteiger charge is -1.97. The molecule has 3 aromatic heterocycles. The second-order valence-corrected chi connectivity index (χ2v) is 3.62. The van der Waals surface area contributed by atoms with Crippen molar-refractivity contribution in [2.24, 2.45) is 0 Å². The van der Waals surface area contributed by atoms with Crippen LogP contribution < -0.4 is 5.73 Å². The van der Waals surface area contributed by atoms with E-state index >= 15 is 0 Å². The number of hydrogen-bond donors (Lipinski definition) is 1. The standard InChI is InChI=1S/C11H10N4O/c1-7-2-3-9(16-7)11-14-13-10-6-8(12)4-5-15(10)11/h2-6H,12H2,1H3. The molecule has 0 unspecified atom stereocenters. The van der Waals surface area contributed by atoms with Gasteiger partial charge in [0.05, 0.1) is 0 Å². The predicted octanol–water partition coefficient (Wildman–Crippen LogP) is 1.88. The van der Waals surface area contributed by atoms with Crippen LogP contribution in [0.25, 0.3) is 17.2 Å². The highest BCUT2D eigenvalue weighted by Crippen LogP contribution is 2.21. The van der Waals surface area contributed by atoms with Gasteiger partial charge in [-0.1, -0.05) is 0 Å². The van der Waals surface area contributed by atoms with E-state index in [-0.39, 0.29) is 0 Å². The van der Waals surface area contributed by atoms with Crippen LogP contribution in [-0.2, 0) is 0 Å². The molecule has 0 aliphatic heterocycles. The first kappa shape index (κ1) is 8.96. The van der Waals surface area contributed by atoms with Crippen LogP contribution in [-0.4, -0.2) is 14.6 Å². The van der Waals surface area contributed by atoms with Gasteiger partial charge in [0, 0.05) is 18.0 Å². The molecule has 0 fully saturated rings. The van der Waals surface area contributed by atoms with Gasteiger partial charge in [-0.05, 0) is 25.1 Å². The number of nitrogens with zero attached hydrogens (tertiary/aromatic N) is 3. The Labute approximate surface area is 91.5 Å². The molecule has 3 aromatic rings. The Morgan fingerprint density at radius 2 is 2.12 bits per heavy atom. The summed E-state index contributed by atoms with van der Waals surface area (Å²) >= 11 is 0. The monoisotopic (exact) mass is 214 g/mol. The van der Waals surface area contributed by atoms with Gasteiger partial charge in [0.25, 0.3) is 0 Å². The molecule has 16 heavy (non-hydrogen) atoms. The van der Waals surface area contributed by atoms with Crippen molar-refractivity contribution in [1.29, 1.82) is 0 Å². The van der Waals surface area contributed by atoms with E-state index in [0.717, 1.165) is 5.76 Å². The lowest BCUT2D eigenvalue weighted by Crippen LogP contribution is -1.90. The lowest BCUT2D eigenvalue weighted by molar-refractivity contribution is 0.543.